The highest BCUT2D eigenvalue weighted by molar-refractivity contribution is 9.10. The lowest BCUT2D eigenvalue weighted by Crippen LogP contribution is -2.39. The molecule has 0 unspecified atom stereocenters. The predicted octanol–water partition coefficient (Wildman–Crippen LogP) is 2.25. The molecule has 8 heteroatoms. The zero-order valence-corrected chi connectivity index (χ0v) is 13.7. The number of pyridine rings is 1. The van der Waals surface area contributed by atoms with Gasteiger partial charge in [0.05, 0.1) is 29.8 Å². The molecule has 1 N–H and O–H groups in total. The fraction of sp³-hybridized carbons (Fsp3) is 0.231. The Balaban J connectivity index is 2.29. The number of hydrogen-bond donors (Lipinski definition) is 1. The molecule has 0 fully saturated rings. The van der Waals surface area contributed by atoms with Crippen LogP contribution in [0.1, 0.15) is 6.92 Å². The minimum Gasteiger partial charge on any atom is -0.349 e. The van der Waals surface area contributed by atoms with Crippen LogP contribution in [-0.2, 0) is 0 Å². The molecular weight excluding hydrogens is 352 g/mol. The molecule has 0 aliphatic rings. The fourth-order valence-electron chi connectivity index (χ4n) is 1.78. The first kappa shape index (κ1) is 15.4. The molecule has 6 nitrogen and oxygen atoms in total. The molecule has 2 aromatic heterocycles. The number of nitrogens with zero attached hydrogens (tertiary/aromatic N) is 5. The summed E-state index contributed by atoms with van der Waals surface area (Å²) < 4.78 is 2.40. The van der Waals surface area contributed by atoms with E-state index in [0.717, 1.165) is 11.4 Å². The molecule has 108 valence electrons. The standard InChI is InChI=1S/C13H13BrN6S/c1-2-19(13(21)17-7-5-15)11-9-20(18-12(11)14)10-4-3-6-16-8-10/h3-4,6,8-9H,2,7H2,1H3,(H,17,21). The Labute approximate surface area is 136 Å². The van der Waals surface area contributed by atoms with E-state index in [4.69, 9.17) is 17.5 Å². The number of rotatable bonds is 4. The van der Waals surface area contributed by atoms with Crippen LogP contribution in [0.15, 0.2) is 35.3 Å². The Morgan fingerprint density at radius 3 is 3.05 bits per heavy atom. The molecule has 21 heavy (non-hydrogen) atoms. The van der Waals surface area contributed by atoms with Crippen molar-refractivity contribution in [3.63, 3.8) is 0 Å². The molecule has 0 aliphatic carbocycles. The maximum atomic E-state index is 8.62. The fourth-order valence-corrected chi connectivity index (χ4v) is 2.57. The third-order valence-electron chi connectivity index (χ3n) is 2.73. The van der Waals surface area contributed by atoms with Gasteiger partial charge in [-0.3, -0.25) is 4.98 Å². The van der Waals surface area contributed by atoms with Crippen molar-refractivity contribution in [1.29, 1.82) is 5.26 Å². The molecule has 0 aromatic carbocycles. The van der Waals surface area contributed by atoms with Crippen LogP contribution in [0, 0.1) is 11.3 Å². The molecule has 0 atom stereocenters. The van der Waals surface area contributed by atoms with Crippen molar-refractivity contribution in [3.05, 3.63) is 35.3 Å². The third kappa shape index (κ3) is 3.56. The lowest BCUT2D eigenvalue weighted by Gasteiger charge is -2.22. The molecule has 0 radical (unpaired) electrons. The number of aromatic nitrogens is 3. The summed E-state index contributed by atoms with van der Waals surface area (Å²) in [6, 6.07) is 5.77. The van der Waals surface area contributed by atoms with Crippen molar-refractivity contribution in [2.75, 3.05) is 18.0 Å². The second-order valence-electron chi connectivity index (χ2n) is 4.02. The number of halogens is 1. The SMILES string of the molecule is CCN(C(=S)NCC#N)c1cn(-c2cccnc2)nc1Br. The minimum atomic E-state index is 0.170. The largest absolute Gasteiger partial charge is 0.349 e. The van der Waals surface area contributed by atoms with Crippen LogP contribution in [0.3, 0.4) is 0 Å². The van der Waals surface area contributed by atoms with E-state index in [-0.39, 0.29) is 6.54 Å². The van der Waals surface area contributed by atoms with Gasteiger partial charge in [-0.15, -0.1) is 0 Å². The normalized spacial score (nSPS) is 9.95. The molecule has 2 rings (SSSR count). The first-order valence-corrected chi connectivity index (χ1v) is 7.45. The van der Waals surface area contributed by atoms with Crippen LogP contribution in [0.4, 0.5) is 5.69 Å². The second-order valence-corrected chi connectivity index (χ2v) is 5.16. The lowest BCUT2D eigenvalue weighted by molar-refractivity contribution is 0.864. The smallest absolute Gasteiger partial charge is 0.174 e. The predicted molar refractivity (Wildman–Crippen MR) is 88.3 cm³/mol. The van der Waals surface area contributed by atoms with E-state index in [0.29, 0.717) is 16.3 Å². The van der Waals surface area contributed by atoms with Crippen LogP contribution >= 0.6 is 28.1 Å². The third-order valence-corrected chi connectivity index (χ3v) is 3.66. The van der Waals surface area contributed by atoms with E-state index in [1.807, 2.05) is 36.2 Å². The van der Waals surface area contributed by atoms with Gasteiger partial charge in [-0.05, 0) is 47.2 Å². The topological polar surface area (TPSA) is 69.8 Å². The van der Waals surface area contributed by atoms with Gasteiger partial charge in [0.1, 0.15) is 6.54 Å². The Morgan fingerprint density at radius 1 is 1.62 bits per heavy atom. The molecule has 0 saturated carbocycles. The summed E-state index contributed by atoms with van der Waals surface area (Å²) in [7, 11) is 0. The van der Waals surface area contributed by atoms with E-state index >= 15 is 0 Å². The Hall–Kier alpha value is -1.98. The van der Waals surface area contributed by atoms with Gasteiger partial charge in [0, 0.05) is 12.7 Å². The highest BCUT2D eigenvalue weighted by Crippen LogP contribution is 2.26. The Kier molecular flexibility index (Phi) is 5.25. The molecule has 2 aromatic rings. The van der Waals surface area contributed by atoms with E-state index in [2.05, 4.69) is 31.3 Å². The molecule has 0 aliphatic heterocycles. The number of nitrogens with one attached hydrogen (secondary N) is 1. The average Bonchev–Trinajstić information content (AvgIpc) is 2.89. The maximum absolute atomic E-state index is 8.62. The van der Waals surface area contributed by atoms with Gasteiger partial charge >= 0.3 is 0 Å². The molecule has 0 spiro atoms. The van der Waals surface area contributed by atoms with Gasteiger partial charge in [0.2, 0.25) is 0 Å². The number of thiocarbonyl (C=S) groups is 1. The second kappa shape index (κ2) is 7.15. The van der Waals surface area contributed by atoms with Gasteiger partial charge in [-0.25, -0.2) is 4.68 Å². The Morgan fingerprint density at radius 2 is 2.43 bits per heavy atom. The molecule has 0 saturated heterocycles. The summed E-state index contributed by atoms with van der Waals surface area (Å²) in [5.74, 6) is 0. The first-order chi connectivity index (χ1) is 10.2. The van der Waals surface area contributed by atoms with Gasteiger partial charge in [0.25, 0.3) is 0 Å². The lowest BCUT2D eigenvalue weighted by atomic mass is 10.4. The van der Waals surface area contributed by atoms with Crippen LogP contribution in [0.25, 0.3) is 5.69 Å². The van der Waals surface area contributed by atoms with Crippen LogP contribution in [0.5, 0.6) is 0 Å². The molecular formula is C13H13BrN6S. The van der Waals surface area contributed by atoms with Crippen LogP contribution in [-0.4, -0.2) is 33.0 Å². The van der Waals surface area contributed by atoms with Crippen LogP contribution < -0.4 is 10.2 Å². The van der Waals surface area contributed by atoms with Gasteiger partial charge < -0.3 is 10.2 Å². The van der Waals surface area contributed by atoms with Crippen molar-refractivity contribution in [2.45, 2.75) is 6.92 Å². The zero-order chi connectivity index (χ0) is 15.2. The highest BCUT2D eigenvalue weighted by atomic mass is 79.9. The summed E-state index contributed by atoms with van der Waals surface area (Å²) >= 11 is 8.75. The van der Waals surface area contributed by atoms with E-state index in [1.165, 1.54) is 0 Å². The molecule has 2 heterocycles. The van der Waals surface area contributed by atoms with E-state index in [1.54, 1.807) is 17.1 Å². The number of anilines is 1. The van der Waals surface area contributed by atoms with Crippen molar-refractivity contribution < 1.29 is 0 Å². The summed E-state index contributed by atoms with van der Waals surface area (Å²) in [6.07, 6.45) is 5.30. The van der Waals surface area contributed by atoms with Crippen molar-refractivity contribution in [2.24, 2.45) is 0 Å². The van der Waals surface area contributed by atoms with Crippen molar-refractivity contribution in [3.8, 4) is 11.8 Å². The van der Waals surface area contributed by atoms with Crippen LogP contribution in [0.2, 0.25) is 0 Å². The summed E-state index contributed by atoms with van der Waals surface area (Å²) in [4.78, 5) is 5.95. The van der Waals surface area contributed by atoms with Gasteiger partial charge in [-0.2, -0.15) is 10.4 Å². The average molecular weight is 365 g/mol. The van der Waals surface area contributed by atoms with Crippen molar-refractivity contribution in [1.82, 2.24) is 20.1 Å². The molecule has 0 amide bonds. The zero-order valence-electron chi connectivity index (χ0n) is 11.3. The summed E-state index contributed by atoms with van der Waals surface area (Å²) in [5, 5.41) is 16.4. The number of hydrogen-bond acceptors (Lipinski definition) is 4. The van der Waals surface area contributed by atoms with E-state index < -0.39 is 0 Å². The quantitative estimate of drug-likeness (QED) is 0.662. The first-order valence-electron chi connectivity index (χ1n) is 6.25. The Bertz CT molecular complexity index is 663. The highest BCUT2D eigenvalue weighted by Gasteiger charge is 2.17. The molecule has 0 bridgehead atoms. The van der Waals surface area contributed by atoms with Crippen molar-refractivity contribution >= 4 is 38.9 Å². The maximum Gasteiger partial charge on any atom is 0.174 e. The summed E-state index contributed by atoms with van der Waals surface area (Å²) in [6.45, 7) is 2.81. The summed E-state index contributed by atoms with van der Waals surface area (Å²) in [5.41, 5.74) is 1.69. The monoisotopic (exact) mass is 364 g/mol. The minimum absolute atomic E-state index is 0.170. The number of nitriles is 1. The van der Waals surface area contributed by atoms with Gasteiger partial charge in [-0.1, -0.05) is 0 Å². The van der Waals surface area contributed by atoms with E-state index in [9.17, 15) is 0 Å². The van der Waals surface area contributed by atoms with Gasteiger partial charge in [0.15, 0.2) is 9.72 Å².